The van der Waals surface area contributed by atoms with Gasteiger partial charge in [-0.15, -0.1) is 0 Å². The van der Waals surface area contributed by atoms with Crippen molar-refractivity contribution in [3.8, 4) is 0 Å². The van der Waals surface area contributed by atoms with E-state index in [9.17, 15) is 4.79 Å². The molecular weight excluding hydrogens is 378 g/mol. The molecule has 25 heavy (non-hydrogen) atoms. The number of benzene rings is 2. The molecule has 1 heterocycles. The Morgan fingerprint density at radius 2 is 1.88 bits per heavy atom. The summed E-state index contributed by atoms with van der Waals surface area (Å²) < 4.78 is 1.04. The lowest BCUT2D eigenvalue weighted by molar-refractivity contribution is 0.102. The summed E-state index contributed by atoms with van der Waals surface area (Å²) in [5.74, 6) is 0.578. The molecule has 0 unspecified atom stereocenters. The van der Waals surface area contributed by atoms with Gasteiger partial charge in [0.1, 0.15) is 5.82 Å². The van der Waals surface area contributed by atoms with Gasteiger partial charge in [-0.2, -0.15) is 0 Å². The van der Waals surface area contributed by atoms with Crippen molar-refractivity contribution in [1.29, 1.82) is 0 Å². The van der Waals surface area contributed by atoms with Crippen molar-refractivity contribution in [2.24, 2.45) is 0 Å². The third-order valence-corrected chi connectivity index (χ3v) is 4.25. The van der Waals surface area contributed by atoms with Gasteiger partial charge in [0.05, 0.1) is 11.9 Å². The fourth-order valence-electron chi connectivity index (χ4n) is 2.44. The molecule has 3 rings (SSSR count). The van der Waals surface area contributed by atoms with Crippen molar-refractivity contribution in [3.05, 3.63) is 82.0 Å². The van der Waals surface area contributed by atoms with E-state index in [0.29, 0.717) is 11.3 Å². The summed E-state index contributed by atoms with van der Waals surface area (Å²) in [7, 11) is 0. The van der Waals surface area contributed by atoms with Gasteiger partial charge in [0.25, 0.3) is 5.91 Å². The van der Waals surface area contributed by atoms with E-state index < -0.39 is 0 Å². The molecule has 0 saturated heterocycles. The fraction of sp³-hybridized carbons (Fsp3) is 0.100. The highest BCUT2D eigenvalue weighted by Gasteiger charge is 2.07. The minimum absolute atomic E-state index is 0.144. The van der Waals surface area contributed by atoms with Crippen molar-refractivity contribution in [1.82, 2.24) is 4.98 Å². The maximum absolute atomic E-state index is 12.3. The molecule has 0 fully saturated rings. The van der Waals surface area contributed by atoms with E-state index in [1.807, 2.05) is 62.4 Å². The highest BCUT2D eigenvalue weighted by atomic mass is 79.9. The first-order chi connectivity index (χ1) is 12.0. The topological polar surface area (TPSA) is 54.0 Å². The summed E-state index contributed by atoms with van der Waals surface area (Å²) in [6, 6.07) is 17.2. The molecule has 4 nitrogen and oxygen atoms in total. The van der Waals surface area contributed by atoms with E-state index in [0.717, 1.165) is 27.1 Å². The first-order valence-corrected chi connectivity index (χ1v) is 8.68. The number of amides is 1. The molecule has 0 atom stereocenters. The van der Waals surface area contributed by atoms with Crippen LogP contribution in [0.3, 0.4) is 0 Å². The number of halogens is 1. The lowest BCUT2D eigenvalue weighted by atomic mass is 10.1. The van der Waals surface area contributed by atoms with E-state index in [1.165, 1.54) is 0 Å². The average molecular weight is 396 g/mol. The first kappa shape index (κ1) is 17.2. The van der Waals surface area contributed by atoms with Crippen molar-refractivity contribution in [3.63, 3.8) is 0 Å². The Kier molecular flexibility index (Phi) is 5.14. The zero-order valence-corrected chi connectivity index (χ0v) is 15.6. The second-order valence-corrected chi connectivity index (χ2v) is 6.76. The van der Waals surface area contributed by atoms with Crippen LogP contribution in [0.4, 0.5) is 17.2 Å². The average Bonchev–Trinajstić information content (AvgIpc) is 2.59. The molecule has 1 aromatic heterocycles. The first-order valence-electron chi connectivity index (χ1n) is 7.88. The molecule has 0 aliphatic rings. The number of anilines is 3. The number of aromatic nitrogens is 1. The molecule has 2 aromatic carbocycles. The van der Waals surface area contributed by atoms with Crippen LogP contribution in [-0.4, -0.2) is 10.9 Å². The highest BCUT2D eigenvalue weighted by Crippen LogP contribution is 2.23. The number of aryl methyl sites for hydroxylation is 2. The van der Waals surface area contributed by atoms with Gasteiger partial charge in [-0.05, 0) is 61.9 Å². The minimum atomic E-state index is -0.144. The molecule has 5 heteroatoms. The predicted octanol–water partition coefficient (Wildman–Crippen LogP) is 5.46. The van der Waals surface area contributed by atoms with Crippen LogP contribution in [0, 0.1) is 13.8 Å². The summed E-state index contributed by atoms with van der Waals surface area (Å²) in [6.07, 6.45) is 1.64. The van der Waals surface area contributed by atoms with E-state index in [-0.39, 0.29) is 5.91 Å². The van der Waals surface area contributed by atoms with E-state index in [1.54, 1.807) is 12.3 Å². The maximum Gasteiger partial charge on any atom is 0.255 e. The third-order valence-electron chi connectivity index (χ3n) is 3.75. The van der Waals surface area contributed by atoms with Crippen LogP contribution in [0.15, 0.2) is 65.3 Å². The van der Waals surface area contributed by atoms with Gasteiger partial charge in [0.2, 0.25) is 0 Å². The quantitative estimate of drug-likeness (QED) is 0.616. The Bertz CT molecular complexity index is 907. The molecule has 0 radical (unpaired) electrons. The molecular formula is C20H18BrN3O. The van der Waals surface area contributed by atoms with Crippen molar-refractivity contribution >= 4 is 39.0 Å². The Balaban J connectivity index is 1.69. The number of pyridine rings is 1. The number of carbonyl (C=O) groups is 1. The lowest BCUT2D eigenvalue weighted by Gasteiger charge is -2.10. The number of nitrogens with zero attached hydrogens (tertiary/aromatic N) is 1. The summed E-state index contributed by atoms with van der Waals surface area (Å²) in [4.78, 5) is 16.6. The van der Waals surface area contributed by atoms with Crippen LogP contribution in [0.2, 0.25) is 0 Å². The standard InChI is InChI=1S/C20H18BrN3O/c1-13-4-3-5-15(10-13)20(25)23-17-7-9-19(22-12-17)24-18-8-6-16(21)11-14(18)2/h3-12H,1-2H3,(H,22,24)(H,23,25). The van der Waals surface area contributed by atoms with Crippen LogP contribution in [0.25, 0.3) is 0 Å². The zero-order valence-electron chi connectivity index (χ0n) is 14.0. The van der Waals surface area contributed by atoms with Crippen molar-refractivity contribution in [2.75, 3.05) is 10.6 Å². The number of rotatable bonds is 4. The van der Waals surface area contributed by atoms with Gasteiger partial charge >= 0.3 is 0 Å². The van der Waals surface area contributed by atoms with E-state index in [2.05, 4.69) is 31.5 Å². The highest BCUT2D eigenvalue weighted by molar-refractivity contribution is 9.10. The number of carbonyl (C=O) groups excluding carboxylic acids is 1. The summed E-state index contributed by atoms with van der Waals surface area (Å²) in [5.41, 5.74) is 4.45. The van der Waals surface area contributed by atoms with Crippen LogP contribution in [0.1, 0.15) is 21.5 Å². The molecule has 2 N–H and O–H groups in total. The molecule has 0 saturated carbocycles. The summed E-state index contributed by atoms with van der Waals surface area (Å²) in [5, 5.41) is 6.13. The molecule has 1 amide bonds. The summed E-state index contributed by atoms with van der Waals surface area (Å²) in [6.45, 7) is 3.99. The van der Waals surface area contributed by atoms with Crippen molar-refractivity contribution in [2.45, 2.75) is 13.8 Å². The number of nitrogens with one attached hydrogen (secondary N) is 2. The molecule has 3 aromatic rings. The maximum atomic E-state index is 12.3. The Labute approximate surface area is 155 Å². The monoisotopic (exact) mass is 395 g/mol. The smallest absolute Gasteiger partial charge is 0.255 e. The molecule has 0 spiro atoms. The predicted molar refractivity (Wildman–Crippen MR) is 106 cm³/mol. The van der Waals surface area contributed by atoms with Gasteiger partial charge in [-0.25, -0.2) is 4.98 Å². The van der Waals surface area contributed by atoms with Gasteiger partial charge in [0, 0.05) is 15.7 Å². The van der Waals surface area contributed by atoms with Gasteiger partial charge in [-0.1, -0.05) is 33.6 Å². The second kappa shape index (κ2) is 7.49. The number of hydrogen-bond donors (Lipinski definition) is 2. The van der Waals surface area contributed by atoms with Gasteiger partial charge < -0.3 is 10.6 Å². The molecule has 0 aliphatic heterocycles. The molecule has 126 valence electrons. The van der Waals surface area contributed by atoms with Crippen LogP contribution >= 0.6 is 15.9 Å². The third kappa shape index (κ3) is 4.45. The van der Waals surface area contributed by atoms with Crippen LogP contribution < -0.4 is 10.6 Å². The zero-order chi connectivity index (χ0) is 17.8. The second-order valence-electron chi connectivity index (χ2n) is 5.84. The normalized spacial score (nSPS) is 10.4. The Morgan fingerprint density at radius 1 is 1.04 bits per heavy atom. The van der Waals surface area contributed by atoms with Crippen LogP contribution in [0.5, 0.6) is 0 Å². The molecule has 0 aliphatic carbocycles. The summed E-state index contributed by atoms with van der Waals surface area (Å²) >= 11 is 3.45. The fourth-order valence-corrected chi connectivity index (χ4v) is 2.91. The largest absolute Gasteiger partial charge is 0.340 e. The Morgan fingerprint density at radius 3 is 2.56 bits per heavy atom. The van der Waals surface area contributed by atoms with Crippen molar-refractivity contribution < 1.29 is 4.79 Å². The Hall–Kier alpha value is -2.66. The number of hydrogen-bond acceptors (Lipinski definition) is 3. The van der Waals surface area contributed by atoms with Gasteiger partial charge in [0.15, 0.2) is 0 Å². The van der Waals surface area contributed by atoms with E-state index >= 15 is 0 Å². The van der Waals surface area contributed by atoms with Crippen LogP contribution in [-0.2, 0) is 0 Å². The van der Waals surface area contributed by atoms with E-state index in [4.69, 9.17) is 0 Å². The minimum Gasteiger partial charge on any atom is -0.340 e. The van der Waals surface area contributed by atoms with Gasteiger partial charge in [-0.3, -0.25) is 4.79 Å². The molecule has 0 bridgehead atoms. The lowest BCUT2D eigenvalue weighted by Crippen LogP contribution is -2.12. The SMILES string of the molecule is Cc1cccc(C(=O)Nc2ccc(Nc3ccc(Br)cc3C)nc2)c1.